The first-order chi connectivity index (χ1) is 10.2. The third-order valence-electron chi connectivity index (χ3n) is 3.20. The Morgan fingerprint density at radius 2 is 2.29 bits per heavy atom. The van der Waals surface area contributed by atoms with Crippen molar-refractivity contribution in [2.24, 2.45) is 0 Å². The van der Waals surface area contributed by atoms with Gasteiger partial charge in [0, 0.05) is 23.4 Å². The first-order valence-corrected chi connectivity index (χ1v) is 8.15. The lowest BCUT2D eigenvalue weighted by molar-refractivity contribution is 0.509. The molecule has 0 aliphatic heterocycles. The standard InChI is InChI=1S/C13H15ClFN5S/c14-12-4-1-10(15)7-9(12)8-21-13-17-18-19-20(13)6-5-16-11-2-3-11/h1,4,7,11,16H,2-3,5-6,8H2. The van der Waals surface area contributed by atoms with Crippen molar-refractivity contribution >= 4 is 23.4 Å². The van der Waals surface area contributed by atoms with E-state index in [-0.39, 0.29) is 5.82 Å². The van der Waals surface area contributed by atoms with Crippen LogP contribution in [0.2, 0.25) is 5.02 Å². The van der Waals surface area contributed by atoms with Gasteiger partial charge < -0.3 is 5.32 Å². The number of thioether (sulfide) groups is 1. The highest BCUT2D eigenvalue weighted by atomic mass is 35.5. The molecule has 3 rings (SSSR count). The number of hydrogen-bond donors (Lipinski definition) is 1. The van der Waals surface area contributed by atoms with E-state index in [9.17, 15) is 4.39 Å². The average molecular weight is 328 g/mol. The van der Waals surface area contributed by atoms with Crippen molar-refractivity contribution in [2.75, 3.05) is 6.54 Å². The normalized spacial score (nSPS) is 14.6. The molecule has 1 heterocycles. The molecule has 1 fully saturated rings. The summed E-state index contributed by atoms with van der Waals surface area (Å²) in [7, 11) is 0. The molecule has 1 aromatic carbocycles. The minimum absolute atomic E-state index is 0.289. The largest absolute Gasteiger partial charge is 0.312 e. The molecule has 0 bridgehead atoms. The smallest absolute Gasteiger partial charge is 0.209 e. The number of benzene rings is 1. The monoisotopic (exact) mass is 327 g/mol. The molecule has 0 atom stereocenters. The molecule has 0 amide bonds. The van der Waals surface area contributed by atoms with E-state index in [0.717, 1.165) is 18.7 Å². The lowest BCUT2D eigenvalue weighted by Gasteiger charge is -2.06. The highest BCUT2D eigenvalue weighted by Crippen LogP contribution is 2.25. The first-order valence-electron chi connectivity index (χ1n) is 6.78. The minimum atomic E-state index is -0.289. The van der Waals surface area contributed by atoms with E-state index in [4.69, 9.17) is 11.6 Å². The topological polar surface area (TPSA) is 55.6 Å². The number of nitrogens with zero attached hydrogens (tertiary/aromatic N) is 4. The molecule has 1 saturated carbocycles. The van der Waals surface area contributed by atoms with E-state index < -0.39 is 0 Å². The van der Waals surface area contributed by atoms with Gasteiger partial charge in [0.05, 0.1) is 6.54 Å². The van der Waals surface area contributed by atoms with Crippen molar-refractivity contribution in [2.45, 2.75) is 36.3 Å². The Morgan fingerprint density at radius 3 is 3.10 bits per heavy atom. The fourth-order valence-corrected chi connectivity index (χ4v) is 3.06. The zero-order valence-electron chi connectivity index (χ0n) is 11.3. The number of hydrogen-bond acceptors (Lipinski definition) is 5. The summed E-state index contributed by atoms with van der Waals surface area (Å²) in [6, 6.07) is 5.03. The molecule has 2 aromatic rings. The van der Waals surface area contributed by atoms with Gasteiger partial charge >= 0.3 is 0 Å². The van der Waals surface area contributed by atoms with Crippen LogP contribution in [0.15, 0.2) is 23.4 Å². The summed E-state index contributed by atoms with van der Waals surface area (Å²) in [4.78, 5) is 0. The second-order valence-electron chi connectivity index (χ2n) is 4.94. The van der Waals surface area contributed by atoms with Crippen LogP contribution in [0.4, 0.5) is 4.39 Å². The van der Waals surface area contributed by atoms with E-state index >= 15 is 0 Å². The summed E-state index contributed by atoms with van der Waals surface area (Å²) in [6.45, 7) is 1.58. The second kappa shape index (κ2) is 6.72. The van der Waals surface area contributed by atoms with Crippen LogP contribution in [0, 0.1) is 5.82 Å². The summed E-state index contributed by atoms with van der Waals surface area (Å²) in [5.74, 6) is 0.246. The molecule has 0 spiro atoms. The fraction of sp³-hybridized carbons (Fsp3) is 0.462. The van der Waals surface area contributed by atoms with Gasteiger partial charge in [0.25, 0.3) is 0 Å². The van der Waals surface area contributed by atoms with Gasteiger partial charge in [0.1, 0.15) is 5.82 Å². The quantitative estimate of drug-likeness (QED) is 0.792. The van der Waals surface area contributed by atoms with E-state index in [1.165, 1.54) is 36.7 Å². The molecule has 0 radical (unpaired) electrons. The van der Waals surface area contributed by atoms with Crippen LogP contribution >= 0.6 is 23.4 Å². The maximum Gasteiger partial charge on any atom is 0.209 e. The summed E-state index contributed by atoms with van der Waals surface area (Å²) < 4.78 is 15.0. The van der Waals surface area contributed by atoms with Crippen LogP contribution in [0.5, 0.6) is 0 Å². The van der Waals surface area contributed by atoms with Crippen LogP contribution in [-0.4, -0.2) is 32.8 Å². The van der Waals surface area contributed by atoms with Crippen molar-refractivity contribution in [1.29, 1.82) is 0 Å². The van der Waals surface area contributed by atoms with Gasteiger partial charge in [-0.25, -0.2) is 9.07 Å². The molecule has 1 N–H and O–H groups in total. The van der Waals surface area contributed by atoms with Crippen molar-refractivity contribution in [3.8, 4) is 0 Å². The Balaban J connectivity index is 1.57. The molecule has 1 aliphatic rings. The van der Waals surface area contributed by atoms with Crippen LogP contribution in [-0.2, 0) is 12.3 Å². The van der Waals surface area contributed by atoms with E-state index in [2.05, 4.69) is 20.8 Å². The summed E-state index contributed by atoms with van der Waals surface area (Å²) in [5.41, 5.74) is 0.743. The summed E-state index contributed by atoms with van der Waals surface area (Å²) in [6.07, 6.45) is 2.52. The third-order valence-corrected chi connectivity index (χ3v) is 4.57. The number of nitrogens with one attached hydrogen (secondary N) is 1. The Labute approximate surface area is 131 Å². The maximum atomic E-state index is 13.2. The average Bonchev–Trinajstić information content (AvgIpc) is 3.18. The highest BCUT2D eigenvalue weighted by Gasteiger charge is 2.20. The van der Waals surface area contributed by atoms with E-state index in [1.807, 2.05) is 0 Å². The number of rotatable bonds is 7. The molecule has 0 unspecified atom stereocenters. The van der Waals surface area contributed by atoms with Gasteiger partial charge in [-0.1, -0.05) is 23.4 Å². The molecule has 112 valence electrons. The zero-order chi connectivity index (χ0) is 14.7. The first kappa shape index (κ1) is 14.7. The second-order valence-corrected chi connectivity index (χ2v) is 6.29. The molecule has 1 aliphatic carbocycles. The SMILES string of the molecule is Fc1ccc(Cl)c(CSc2nnnn2CCNC2CC2)c1. The zero-order valence-corrected chi connectivity index (χ0v) is 12.9. The lowest BCUT2D eigenvalue weighted by atomic mass is 10.2. The Morgan fingerprint density at radius 1 is 1.43 bits per heavy atom. The van der Waals surface area contributed by atoms with Crippen LogP contribution in [0.1, 0.15) is 18.4 Å². The third kappa shape index (κ3) is 4.15. The van der Waals surface area contributed by atoms with Crippen LogP contribution in [0.25, 0.3) is 0 Å². The van der Waals surface area contributed by atoms with Crippen molar-refractivity contribution in [3.05, 3.63) is 34.6 Å². The molecule has 21 heavy (non-hydrogen) atoms. The molecule has 8 heteroatoms. The van der Waals surface area contributed by atoms with Gasteiger partial charge in [-0.15, -0.1) is 5.10 Å². The predicted molar refractivity (Wildman–Crippen MR) is 79.8 cm³/mol. The van der Waals surface area contributed by atoms with Gasteiger partial charge in [0.2, 0.25) is 5.16 Å². The maximum absolute atomic E-state index is 13.2. The Hall–Kier alpha value is -1.18. The van der Waals surface area contributed by atoms with E-state index in [1.54, 1.807) is 10.7 Å². The molecule has 1 aromatic heterocycles. The van der Waals surface area contributed by atoms with Crippen LogP contribution in [0.3, 0.4) is 0 Å². The summed E-state index contributed by atoms with van der Waals surface area (Å²) >= 11 is 7.51. The van der Waals surface area contributed by atoms with Gasteiger partial charge in [-0.05, 0) is 47.0 Å². The summed E-state index contributed by atoms with van der Waals surface area (Å²) in [5, 5.41) is 16.4. The Kier molecular flexibility index (Phi) is 4.72. The van der Waals surface area contributed by atoms with Gasteiger partial charge in [-0.2, -0.15) is 0 Å². The number of aromatic nitrogens is 4. The van der Waals surface area contributed by atoms with Crippen molar-refractivity contribution in [1.82, 2.24) is 25.5 Å². The van der Waals surface area contributed by atoms with Gasteiger partial charge in [0.15, 0.2) is 0 Å². The number of tetrazole rings is 1. The molecule has 5 nitrogen and oxygen atoms in total. The van der Waals surface area contributed by atoms with Crippen molar-refractivity contribution in [3.63, 3.8) is 0 Å². The van der Waals surface area contributed by atoms with Gasteiger partial charge in [-0.3, -0.25) is 0 Å². The minimum Gasteiger partial charge on any atom is -0.312 e. The lowest BCUT2D eigenvalue weighted by Crippen LogP contribution is -2.22. The van der Waals surface area contributed by atoms with Crippen molar-refractivity contribution < 1.29 is 4.39 Å². The fourth-order valence-electron chi connectivity index (χ4n) is 1.90. The molecular weight excluding hydrogens is 313 g/mol. The predicted octanol–water partition coefficient (Wildman–Crippen LogP) is 2.51. The number of halogens is 2. The highest BCUT2D eigenvalue weighted by molar-refractivity contribution is 7.98. The molecular formula is C13H15ClFN5S. The molecule has 0 saturated heterocycles. The van der Waals surface area contributed by atoms with Crippen LogP contribution < -0.4 is 5.32 Å². The van der Waals surface area contributed by atoms with E-state index in [0.29, 0.717) is 22.0 Å². The Bertz CT molecular complexity index is 616.